The van der Waals surface area contributed by atoms with Gasteiger partial charge in [-0.3, -0.25) is 9.11 Å². The van der Waals surface area contributed by atoms with Crippen LogP contribution in [0.1, 0.15) is 5.56 Å². The lowest BCUT2D eigenvalue weighted by molar-refractivity contribution is 0.480. The molecule has 0 aliphatic carbocycles. The van der Waals surface area contributed by atoms with Gasteiger partial charge in [0.05, 0.1) is 4.90 Å². The van der Waals surface area contributed by atoms with Crippen LogP contribution in [0.2, 0.25) is 0 Å². The maximum atomic E-state index is 11.1. The van der Waals surface area contributed by atoms with Crippen LogP contribution in [0, 0.1) is 6.92 Å². The average molecular weight is 281 g/mol. The van der Waals surface area contributed by atoms with Crippen LogP contribution in [0.15, 0.2) is 21.9 Å². The molecule has 7 nitrogen and oxygen atoms in total. The van der Waals surface area contributed by atoms with Crippen LogP contribution in [-0.4, -0.2) is 33.0 Å². The van der Waals surface area contributed by atoms with Crippen LogP contribution in [0.3, 0.4) is 0 Å². The van der Waals surface area contributed by atoms with Crippen LogP contribution in [0.5, 0.6) is 0 Å². The third-order valence-electron chi connectivity index (χ3n) is 2.18. The van der Waals surface area contributed by atoms with Gasteiger partial charge in [0.15, 0.2) is 0 Å². The number of rotatable bonds is 3. The van der Waals surface area contributed by atoms with Gasteiger partial charge in [0, 0.05) is 12.7 Å². The van der Waals surface area contributed by atoms with E-state index in [0.29, 0.717) is 6.07 Å². The lowest BCUT2D eigenvalue weighted by Crippen LogP contribution is -2.08. The highest BCUT2D eigenvalue weighted by Gasteiger charge is 2.21. The number of hydrogen-bond donors (Lipinski definition) is 3. The zero-order chi connectivity index (χ0) is 13.4. The Labute approximate surface area is 99.0 Å². The Hall–Kier alpha value is -1.16. The van der Waals surface area contributed by atoms with Gasteiger partial charge in [0.2, 0.25) is 0 Å². The van der Waals surface area contributed by atoms with Gasteiger partial charge in [-0.2, -0.15) is 16.8 Å². The first-order valence-corrected chi connectivity index (χ1v) is 7.22. The zero-order valence-corrected chi connectivity index (χ0v) is 10.6. The van der Waals surface area contributed by atoms with Gasteiger partial charge in [0.1, 0.15) is 4.90 Å². The van der Waals surface area contributed by atoms with Crippen molar-refractivity contribution in [3.05, 3.63) is 17.7 Å². The lowest BCUT2D eigenvalue weighted by Gasteiger charge is -2.10. The van der Waals surface area contributed by atoms with Crippen molar-refractivity contribution in [2.24, 2.45) is 0 Å². The molecule has 0 aliphatic rings. The van der Waals surface area contributed by atoms with Crippen molar-refractivity contribution < 1.29 is 25.9 Å². The van der Waals surface area contributed by atoms with Crippen LogP contribution in [-0.2, 0) is 20.2 Å². The van der Waals surface area contributed by atoms with Gasteiger partial charge >= 0.3 is 0 Å². The van der Waals surface area contributed by atoms with E-state index in [-0.39, 0.29) is 11.3 Å². The first kappa shape index (κ1) is 13.9. The minimum atomic E-state index is -4.56. The molecule has 0 aromatic heterocycles. The molecule has 0 aliphatic heterocycles. The summed E-state index contributed by atoms with van der Waals surface area (Å²) in [5.74, 6) is 0. The van der Waals surface area contributed by atoms with E-state index in [1.165, 1.54) is 14.0 Å². The molecule has 0 spiro atoms. The molecule has 3 N–H and O–H groups in total. The van der Waals surface area contributed by atoms with Crippen molar-refractivity contribution in [1.82, 2.24) is 0 Å². The van der Waals surface area contributed by atoms with Gasteiger partial charge in [-0.25, -0.2) is 0 Å². The molecule has 0 saturated carbocycles. The summed E-state index contributed by atoms with van der Waals surface area (Å²) < 4.78 is 61.8. The summed E-state index contributed by atoms with van der Waals surface area (Å²) in [6.07, 6.45) is 0. The molecule has 0 radical (unpaired) electrons. The molecule has 17 heavy (non-hydrogen) atoms. The number of nitrogens with one attached hydrogen (secondary N) is 1. The monoisotopic (exact) mass is 281 g/mol. The van der Waals surface area contributed by atoms with Crippen LogP contribution >= 0.6 is 0 Å². The number of hydrogen-bond acceptors (Lipinski definition) is 5. The summed E-state index contributed by atoms with van der Waals surface area (Å²) in [5.41, 5.74) is 0.329. The summed E-state index contributed by atoms with van der Waals surface area (Å²) >= 11 is 0. The van der Waals surface area contributed by atoms with Crippen LogP contribution in [0.25, 0.3) is 0 Å². The molecular weight excluding hydrogens is 270 g/mol. The Morgan fingerprint density at radius 3 is 1.94 bits per heavy atom. The van der Waals surface area contributed by atoms with E-state index in [2.05, 4.69) is 5.32 Å². The SMILES string of the molecule is CNc1cc(S(=O)(=O)O)cc(S(=O)(=O)O)c1C. The van der Waals surface area contributed by atoms with E-state index in [1.807, 2.05) is 0 Å². The first-order chi connectivity index (χ1) is 7.57. The van der Waals surface area contributed by atoms with Gasteiger partial charge < -0.3 is 5.32 Å². The Morgan fingerprint density at radius 2 is 1.59 bits per heavy atom. The molecule has 0 atom stereocenters. The first-order valence-electron chi connectivity index (χ1n) is 4.34. The normalized spacial score (nSPS) is 12.5. The second kappa shape index (κ2) is 4.26. The third-order valence-corrected chi connectivity index (χ3v) is 3.99. The van der Waals surface area contributed by atoms with Crippen molar-refractivity contribution >= 4 is 25.9 Å². The van der Waals surface area contributed by atoms with Crippen LogP contribution in [0.4, 0.5) is 5.69 Å². The quantitative estimate of drug-likeness (QED) is 0.691. The molecule has 0 saturated heterocycles. The minimum Gasteiger partial charge on any atom is -0.388 e. The van der Waals surface area contributed by atoms with E-state index in [1.54, 1.807) is 0 Å². The summed E-state index contributed by atoms with van der Waals surface area (Å²) in [5, 5.41) is 2.57. The fourth-order valence-electron chi connectivity index (χ4n) is 1.34. The van der Waals surface area contributed by atoms with E-state index >= 15 is 0 Å². The van der Waals surface area contributed by atoms with Crippen molar-refractivity contribution in [1.29, 1.82) is 0 Å². The second-order valence-corrected chi connectivity index (χ2v) is 6.11. The van der Waals surface area contributed by atoms with Crippen molar-refractivity contribution in [2.75, 3.05) is 12.4 Å². The zero-order valence-electron chi connectivity index (χ0n) is 9.00. The summed E-state index contributed by atoms with van der Waals surface area (Å²) in [4.78, 5) is -1.18. The van der Waals surface area contributed by atoms with Gasteiger partial charge in [-0.15, -0.1) is 0 Å². The van der Waals surface area contributed by atoms with E-state index in [4.69, 9.17) is 9.11 Å². The van der Waals surface area contributed by atoms with Gasteiger partial charge in [-0.1, -0.05) is 0 Å². The maximum Gasteiger partial charge on any atom is 0.294 e. The Bertz CT molecular complexity index is 647. The van der Waals surface area contributed by atoms with Gasteiger partial charge in [0.25, 0.3) is 20.2 Å². The lowest BCUT2D eigenvalue weighted by atomic mass is 10.2. The fourth-order valence-corrected chi connectivity index (χ4v) is 2.72. The Morgan fingerprint density at radius 1 is 1.06 bits per heavy atom. The smallest absolute Gasteiger partial charge is 0.294 e. The average Bonchev–Trinajstić information content (AvgIpc) is 2.14. The molecule has 0 unspecified atom stereocenters. The topological polar surface area (TPSA) is 121 Å². The molecule has 0 heterocycles. The van der Waals surface area contributed by atoms with Crippen LogP contribution < -0.4 is 5.32 Å². The molecule has 1 aromatic carbocycles. The predicted octanol–water partition coefficient (Wildman–Crippen LogP) is 0.530. The molecule has 1 aromatic rings. The molecule has 0 bridgehead atoms. The molecule has 9 heteroatoms. The van der Waals surface area contributed by atoms with Crippen molar-refractivity contribution in [3.8, 4) is 0 Å². The van der Waals surface area contributed by atoms with E-state index in [9.17, 15) is 16.8 Å². The summed E-state index contributed by atoms with van der Waals surface area (Å²) in [7, 11) is -7.67. The third kappa shape index (κ3) is 2.94. The molecule has 0 amide bonds. The largest absolute Gasteiger partial charge is 0.388 e. The Kier molecular flexibility index (Phi) is 3.48. The van der Waals surface area contributed by atoms with E-state index < -0.39 is 30.0 Å². The highest BCUT2D eigenvalue weighted by Crippen LogP contribution is 2.27. The molecule has 0 fully saturated rings. The highest BCUT2D eigenvalue weighted by atomic mass is 32.2. The summed E-state index contributed by atoms with van der Waals surface area (Å²) in [6.45, 7) is 1.39. The molecule has 1 rings (SSSR count). The molecule has 96 valence electrons. The van der Waals surface area contributed by atoms with Crippen molar-refractivity contribution in [3.63, 3.8) is 0 Å². The number of anilines is 1. The fraction of sp³-hybridized carbons (Fsp3) is 0.250. The minimum absolute atomic E-state index is 0.155. The summed E-state index contributed by atoms with van der Waals surface area (Å²) in [6, 6.07) is 1.76. The standard InChI is InChI=1S/C8H11NO6S2/c1-5-7(9-2)3-6(16(10,11)12)4-8(5)17(13,14)15/h3-4,9H,1-2H3,(H,10,11,12)(H,13,14,15). The second-order valence-electron chi connectivity index (χ2n) is 3.29. The highest BCUT2D eigenvalue weighted by molar-refractivity contribution is 7.86. The maximum absolute atomic E-state index is 11.1. The Balaban J connectivity index is 3.74. The molecular formula is C8H11NO6S2. The van der Waals surface area contributed by atoms with Crippen molar-refractivity contribution in [2.45, 2.75) is 16.7 Å². The predicted molar refractivity (Wildman–Crippen MR) is 60.4 cm³/mol. The van der Waals surface area contributed by atoms with E-state index in [0.717, 1.165) is 6.07 Å². The number of benzene rings is 1. The van der Waals surface area contributed by atoms with Gasteiger partial charge in [-0.05, 0) is 24.6 Å².